The van der Waals surface area contributed by atoms with Gasteiger partial charge in [-0.25, -0.2) is 0 Å². The fourth-order valence-corrected chi connectivity index (χ4v) is 1.56. The summed E-state index contributed by atoms with van der Waals surface area (Å²) in [6.07, 6.45) is 0. The predicted molar refractivity (Wildman–Crippen MR) is 79.9 cm³/mol. The Morgan fingerprint density at radius 1 is 1.39 bits per heavy atom. The molecule has 0 unspecified atom stereocenters. The largest absolute Gasteiger partial charge is 0.383 e. The molecule has 0 saturated heterocycles. The minimum Gasteiger partial charge on any atom is -0.383 e. The number of hydrogen-bond donors (Lipinski definition) is 1. The summed E-state index contributed by atoms with van der Waals surface area (Å²) in [5.74, 6) is 0.488. The lowest BCUT2D eigenvalue weighted by Gasteiger charge is -2.29. The lowest BCUT2D eigenvalue weighted by Crippen LogP contribution is -2.46. The topological polar surface area (TPSA) is 41.6 Å². The van der Waals surface area contributed by atoms with E-state index >= 15 is 0 Å². The molecule has 18 heavy (non-hydrogen) atoms. The average Bonchev–Trinajstić information content (AvgIpc) is 2.34. The summed E-state index contributed by atoms with van der Waals surface area (Å²) in [7, 11) is 1.71. The van der Waals surface area contributed by atoms with Gasteiger partial charge in [-0.15, -0.1) is 0 Å². The van der Waals surface area contributed by atoms with E-state index in [-0.39, 0.29) is 13.4 Å². The molecular weight excluding hydrogens is 228 g/mol. The van der Waals surface area contributed by atoms with Crippen molar-refractivity contribution in [2.75, 3.05) is 33.4 Å². The van der Waals surface area contributed by atoms with E-state index in [1.165, 1.54) is 0 Å². The highest BCUT2D eigenvalue weighted by Crippen LogP contribution is 2.04. The molecule has 1 amide bonds. The van der Waals surface area contributed by atoms with Crippen LogP contribution < -0.4 is 5.32 Å². The van der Waals surface area contributed by atoms with Gasteiger partial charge >= 0.3 is 0 Å². The standard InChI is InChI=1S/C12H26N2O2.C2H6.H2/c1-6-14(7-8-16-5)9-12(10(2)3)13-11(4)15;1-2;/h10,12H,6-9H2,1-5H3,(H,13,15);1-2H3;1H/t12-;;/m0../s1. The van der Waals surface area contributed by atoms with E-state index in [1.807, 2.05) is 13.8 Å². The summed E-state index contributed by atoms with van der Waals surface area (Å²) in [4.78, 5) is 13.4. The molecule has 0 bridgehead atoms. The molecule has 0 fully saturated rings. The molecule has 0 radical (unpaired) electrons. The molecular formula is C14H34N2O2. The summed E-state index contributed by atoms with van der Waals surface area (Å²) >= 11 is 0. The number of nitrogens with zero attached hydrogens (tertiary/aromatic N) is 1. The van der Waals surface area contributed by atoms with Crippen molar-refractivity contribution in [2.24, 2.45) is 5.92 Å². The number of ether oxygens (including phenoxy) is 1. The molecule has 0 rings (SSSR count). The highest BCUT2D eigenvalue weighted by molar-refractivity contribution is 5.73. The van der Waals surface area contributed by atoms with Crippen LogP contribution in [0.15, 0.2) is 0 Å². The van der Waals surface area contributed by atoms with E-state index in [1.54, 1.807) is 14.0 Å². The molecule has 0 heterocycles. The summed E-state index contributed by atoms with van der Waals surface area (Å²) < 4.78 is 5.07. The molecule has 0 aromatic heterocycles. The minimum absolute atomic E-state index is 0. The van der Waals surface area contributed by atoms with E-state index in [2.05, 4.69) is 31.0 Å². The molecule has 0 aromatic carbocycles. The lowest BCUT2D eigenvalue weighted by molar-refractivity contribution is -0.120. The van der Waals surface area contributed by atoms with Gasteiger partial charge in [-0.3, -0.25) is 9.69 Å². The monoisotopic (exact) mass is 262 g/mol. The smallest absolute Gasteiger partial charge is 0.217 e. The van der Waals surface area contributed by atoms with Crippen LogP contribution in [-0.2, 0) is 9.53 Å². The van der Waals surface area contributed by atoms with Gasteiger partial charge in [0.15, 0.2) is 0 Å². The van der Waals surface area contributed by atoms with Gasteiger partial charge in [-0.1, -0.05) is 34.6 Å². The van der Waals surface area contributed by atoms with Crippen molar-refractivity contribution in [1.82, 2.24) is 10.2 Å². The van der Waals surface area contributed by atoms with Gasteiger partial charge in [0.05, 0.1) is 6.61 Å². The molecule has 0 saturated carbocycles. The molecule has 0 aliphatic heterocycles. The Bertz CT molecular complexity index is 202. The number of likely N-dealkylation sites (N-methyl/N-ethyl adjacent to an activating group) is 1. The maximum Gasteiger partial charge on any atom is 0.217 e. The van der Waals surface area contributed by atoms with Crippen molar-refractivity contribution in [3.05, 3.63) is 0 Å². The number of hydrogen-bond acceptors (Lipinski definition) is 3. The highest BCUT2D eigenvalue weighted by Gasteiger charge is 2.17. The Hall–Kier alpha value is -0.610. The van der Waals surface area contributed by atoms with Crippen molar-refractivity contribution in [1.29, 1.82) is 0 Å². The summed E-state index contributed by atoms with van der Waals surface area (Å²) in [5, 5.41) is 3.00. The molecule has 0 aliphatic rings. The zero-order valence-corrected chi connectivity index (χ0v) is 13.2. The van der Waals surface area contributed by atoms with Crippen LogP contribution in [0.5, 0.6) is 0 Å². The van der Waals surface area contributed by atoms with Crippen LogP contribution in [0.2, 0.25) is 0 Å². The fourth-order valence-electron chi connectivity index (χ4n) is 1.56. The van der Waals surface area contributed by atoms with Gasteiger partial charge in [0.2, 0.25) is 5.91 Å². The van der Waals surface area contributed by atoms with Crippen molar-refractivity contribution in [2.45, 2.75) is 47.6 Å². The van der Waals surface area contributed by atoms with Crippen LogP contribution in [0.1, 0.15) is 43.0 Å². The van der Waals surface area contributed by atoms with E-state index in [4.69, 9.17) is 4.74 Å². The van der Waals surface area contributed by atoms with Gasteiger partial charge in [-0.05, 0) is 12.5 Å². The first-order valence-electron chi connectivity index (χ1n) is 6.99. The summed E-state index contributed by atoms with van der Waals surface area (Å²) in [6, 6.07) is 0.217. The third-order valence-corrected chi connectivity index (χ3v) is 2.71. The molecule has 4 heteroatoms. The number of carbonyl (C=O) groups excluding carboxylic acids is 1. The van der Waals surface area contributed by atoms with E-state index in [0.29, 0.717) is 5.92 Å². The van der Waals surface area contributed by atoms with Crippen LogP contribution in [0.3, 0.4) is 0 Å². The van der Waals surface area contributed by atoms with Gasteiger partial charge in [-0.2, -0.15) is 0 Å². The van der Waals surface area contributed by atoms with Crippen molar-refractivity contribution in [3.63, 3.8) is 0 Å². The zero-order chi connectivity index (χ0) is 14.6. The second kappa shape index (κ2) is 12.8. The van der Waals surface area contributed by atoms with Crippen molar-refractivity contribution in [3.8, 4) is 0 Å². The van der Waals surface area contributed by atoms with E-state index in [9.17, 15) is 4.79 Å². The van der Waals surface area contributed by atoms with Gasteiger partial charge in [0.25, 0.3) is 0 Å². The number of amides is 1. The Labute approximate surface area is 115 Å². The number of nitrogens with one attached hydrogen (secondary N) is 1. The first-order chi connectivity index (χ1) is 8.51. The highest BCUT2D eigenvalue weighted by atomic mass is 16.5. The molecule has 0 aliphatic carbocycles. The molecule has 1 N–H and O–H groups in total. The minimum atomic E-state index is 0. The lowest BCUT2D eigenvalue weighted by atomic mass is 10.0. The zero-order valence-electron chi connectivity index (χ0n) is 13.2. The second-order valence-electron chi connectivity index (χ2n) is 4.44. The molecule has 1 atom stereocenters. The summed E-state index contributed by atoms with van der Waals surface area (Å²) in [5.41, 5.74) is 0. The fraction of sp³-hybridized carbons (Fsp3) is 0.929. The average molecular weight is 262 g/mol. The van der Waals surface area contributed by atoms with Crippen LogP contribution in [-0.4, -0.2) is 50.2 Å². The molecule has 0 aromatic rings. The second-order valence-corrected chi connectivity index (χ2v) is 4.44. The summed E-state index contributed by atoms with van der Waals surface area (Å²) in [6.45, 7) is 15.5. The first kappa shape index (κ1) is 19.7. The molecule has 112 valence electrons. The van der Waals surface area contributed by atoms with Gasteiger partial charge in [0, 0.05) is 34.6 Å². The van der Waals surface area contributed by atoms with Crippen LogP contribution in [0, 0.1) is 5.92 Å². The third kappa shape index (κ3) is 10.5. The predicted octanol–water partition coefficient (Wildman–Crippen LogP) is 2.39. The van der Waals surface area contributed by atoms with Crippen LogP contribution in [0.25, 0.3) is 0 Å². The molecule has 4 nitrogen and oxygen atoms in total. The Balaban J connectivity index is -0.000000809. The van der Waals surface area contributed by atoms with Crippen LogP contribution >= 0.6 is 0 Å². The maximum absolute atomic E-state index is 11.1. The van der Waals surface area contributed by atoms with Gasteiger partial charge < -0.3 is 10.1 Å². The number of methoxy groups -OCH3 is 1. The first-order valence-corrected chi connectivity index (χ1v) is 6.99. The van der Waals surface area contributed by atoms with Crippen molar-refractivity contribution >= 4 is 5.91 Å². The Kier molecular flexibility index (Phi) is 14.1. The quantitative estimate of drug-likeness (QED) is 0.730. The third-order valence-electron chi connectivity index (χ3n) is 2.71. The SMILES string of the molecule is CC.CCN(CCOC)C[C@H](NC(C)=O)C(C)C.[HH]. The van der Waals surface area contributed by atoms with E-state index < -0.39 is 0 Å². The van der Waals surface area contributed by atoms with E-state index in [0.717, 1.165) is 26.2 Å². The Morgan fingerprint density at radius 3 is 2.28 bits per heavy atom. The number of rotatable bonds is 8. The number of carbonyl (C=O) groups is 1. The molecule has 0 spiro atoms. The maximum atomic E-state index is 11.1. The van der Waals surface area contributed by atoms with Crippen molar-refractivity contribution < 1.29 is 11.0 Å². The van der Waals surface area contributed by atoms with Gasteiger partial charge in [0.1, 0.15) is 0 Å². The van der Waals surface area contributed by atoms with Crippen LogP contribution in [0.4, 0.5) is 0 Å². The normalized spacial score (nSPS) is 12.1. The Morgan fingerprint density at radius 2 is 1.94 bits per heavy atom.